The Kier molecular flexibility index (Phi) is 7.07. The van der Waals surface area contributed by atoms with E-state index in [1.807, 2.05) is 37.3 Å². The molecule has 0 amide bonds. The van der Waals surface area contributed by atoms with Crippen molar-refractivity contribution in [3.8, 4) is 5.75 Å². The van der Waals surface area contributed by atoms with E-state index in [4.69, 9.17) is 14.2 Å². The first-order chi connectivity index (χ1) is 13.2. The molecule has 5 nitrogen and oxygen atoms in total. The number of carbonyl (C=O) groups is 1. The molecule has 0 aromatic heterocycles. The van der Waals surface area contributed by atoms with E-state index in [0.717, 1.165) is 67.8 Å². The zero-order valence-corrected chi connectivity index (χ0v) is 16.3. The number of benzene rings is 2. The second kappa shape index (κ2) is 9.72. The molecule has 0 radical (unpaired) electrons. The van der Waals surface area contributed by atoms with Crippen molar-refractivity contribution in [1.82, 2.24) is 4.90 Å². The summed E-state index contributed by atoms with van der Waals surface area (Å²) in [4.78, 5) is 14.8. The zero-order valence-electron chi connectivity index (χ0n) is 16.3. The average molecular weight is 371 g/mol. The monoisotopic (exact) mass is 371 g/mol. The number of morpholine rings is 1. The number of hydrogen-bond acceptors (Lipinski definition) is 5. The van der Waals surface area contributed by atoms with E-state index in [1.165, 1.54) is 0 Å². The van der Waals surface area contributed by atoms with Gasteiger partial charge in [0.15, 0.2) is 0 Å². The molecule has 0 spiro atoms. The van der Waals surface area contributed by atoms with Crippen molar-refractivity contribution in [2.75, 3.05) is 46.6 Å². The van der Waals surface area contributed by atoms with Gasteiger partial charge in [-0.3, -0.25) is 9.69 Å². The number of hydrogen-bond donors (Lipinski definition) is 0. The van der Waals surface area contributed by atoms with Crippen molar-refractivity contribution >= 4 is 16.7 Å². The number of esters is 1. The molecule has 1 fully saturated rings. The quantitative estimate of drug-likeness (QED) is 0.524. The molecule has 0 aliphatic carbocycles. The van der Waals surface area contributed by atoms with Crippen LogP contribution in [0.2, 0.25) is 0 Å². The minimum atomic E-state index is -0.268. The molecule has 1 saturated heterocycles. The molecular formula is C22H29NO4. The van der Waals surface area contributed by atoms with Gasteiger partial charge < -0.3 is 14.2 Å². The number of nitrogens with zero attached hydrogens (tertiary/aromatic N) is 1. The standard InChI is InChI=1S/C22H29NO4/c1-17(18-5-6-20-16-21(25-2)8-7-19(20)15-18)22(24)27-12-4-3-9-23-10-13-26-14-11-23/h5-8,15-17H,3-4,9-14H2,1-2H3. The molecule has 0 N–H and O–H groups in total. The molecule has 2 aromatic rings. The maximum absolute atomic E-state index is 12.4. The number of methoxy groups -OCH3 is 1. The van der Waals surface area contributed by atoms with Crippen LogP contribution >= 0.6 is 0 Å². The molecule has 27 heavy (non-hydrogen) atoms. The van der Waals surface area contributed by atoms with Crippen molar-refractivity contribution in [2.24, 2.45) is 0 Å². The van der Waals surface area contributed by atoms with Gasteiger partial charge >= 0.3 is 5.97 Å². The number of rotatable bonds is 8. The minimum absolute atomic E-state index is 0.158. The lowest BCUT2D eigenvalue weighted by Crippen LogP contribution is -2.36. The highest BCUT2D eigenvalue weighted by Gasteiger charge is 2.17. The third-order valence-corrected chi connectivity index (χ3v) is 5.14. The van der Waals surface area contributed by atoms with Crippen LogP contribution in [0.5, 0.6) is 5.75 Å². The van der Waals surface area contributed by atoms with Crippen molar-refractivity contribution in [1.29, 1.82) is 0 Å². The second-order valence-corrected chi connectivity index (χ2v) is 7.02. The Bertz CT molecular complexity index is 755. The SMILES string of the molecule is COc1ccc2cc(C(C)C(=O)OCCCCN3CCOCC3)ccc2c1. The molecule has 1 heterocycles. The normalized spacial score (nSPS) is 16.2. The highest BCUT2D eigenvalue weighted by Crippen LogP contribution is 2.25. The highest BCUT2D eigenvalue weighted by molar-refractivity contribution is 5.86. The first-order valence-corrected chi connectivity index (χ1v) is 9.72. The van der Waals surface area contributed by atoms with Crippen LogP contribution < -0.4 is 4.74 Å². The lowest BCUT2D eigenvalue weighted by Gasteiger charge is -2.26. The Balaban J connectivity index is 1.45. The van der Waals surface area contributed by atoms with E-state index >= 15 is 0 Å². The van der Waals surface area contributed by atoms with Gasteiger partial charge in [-0.1, -0.05) is 24.3 Å². The topological polar surface area (TPSA) is 48.0 Å². The summed E-state index contributed by atoms with van der Waals surface area (Å²) in [5, 5.41) is 2.19. The van der Waals surface area contributed by atoms with E-state index in [9.17, 15) is 4.79 Å². The fourth-order valence-electron chi connectivity index (χ4n) is 3.33. The van der Waals surface area contributed by atoms with Crippen molar-refractivity contribution in [3.63, 3.8) is 0 Å². The van der Waals surface area contributed by atoms with E-state index < -0.39 is 0 Å². The highest BCUT2D eigenvalue weighted by atomic mass is 16.5. The molecule has 3 rings (SSSR count). The van der Waals surface area contributed by atoms with Crippen LogP contribution in [0.25, 0.3) is 10.8 Å². The average Bonchev–Trinajstić information content (AvgIpc) is 2.72. The number of unbranched alkanes of at least 4 members (excludes halogenated alkanes) is 1. The number of fused-ring (bicyclic) bond motifs is 1. The molecule has 1 aliphatic rings. The molecule has 0 saturated carbocycles. The fourth-order valence-corrected chi connectivity index (χ4v) is 3.33. The first kappa shape index (κ1) is 19.6. The summed E-state index contributed by atoms with van der Waals surface area (Å²) in [7, 11) is 1.66. The number of carbonyl (C=O) groups excluding carboxylic acids is 1. The molecule has 1 aliphatic heterocycles. The van der Waals surface area contributed by atoms with Gasteiger partial charge in [0, 0.05) is 13.1 Å². The van der Waals surface area contributed by atoms with Gasteiger partial charge in [-0.2, -0.15) is 0 Å². The third-order valence-electron chi connectivity index (χ3n) is 5.14. The summed E-state index contributed by atoms with van der Waals surface area (Å²) in [5.74, 6) is 0.407. The molecule has 2 aromatic carbocycles. The Labute approximate surface area is 161 Å². The maximum Gasteiger partial charge on any atom is 0.313 e. The van der Waals surface area contributed by atoms with Gasteiger partial charge in [0.25, 0.3) is 0 Å². The maximum atomic E-state index is 12.4. The van der Waals surface area contributed by atoms with Gasteiger partial charge in [-0.25, -0.2) is 0 Å². The van der Waals surface area contributed by atoms with Gasteiger partial charge in [0.2, 0.25) is 0 Å². The summed E-state index contributed by atoms with van der Waals surface area (Å²) in [6.45, 7) is 7.09. The lowest BCUT2D eigenvalue weighted by atomic mass is 9.98. The Morgan fingerprint density at radius 1 is 1.11 bits per heavy atom. The molecule has 5 heteroatoms. The first-order valence-electron chi connectivity index (χ1n) is 9.72. The zero-order chi connectivity index (χ0) is 19.1. The van der Waals surface area contributed by atoms with Crippen LogP contribution in [0.1, 0.15) is 31.2 Å². The predicted molar refractivity (Wildman–Crippen MR) is 106 cm³/mol. The van der Waals surface area contributed by atoms with E-state index in [-0.39, 0.29) is 11.9 Å². The van der Waals surface area contributed by atoms with Crippen LogP contribution in [0.15, 0.2) is 36.4 Å². The number of ether oxygens (including phenoxy) is 3. The predicted octanol–water partition coefficient (Wildman–Crippen LogP) is 3.61. The minimum Gasteiger partial charge on any atom is -0.497 e. The summed E-state index contributed by atoms with van der Waals surface area (Å²) in [5.41, 5.74) is 0.978. The Morgan fingerprint density at radius 2 is 1.85 bits per heavy atom. The molecule has 0 bridgehead atoms. The van der Waals surface area contributed by atoms with Crippen LogP contribution in [-0.4, -0.2) is 57.4 Å². The third kappa shape index (κ3) is 5.44. The van der Waals surface area contributed by atoms with E-state index in [2.05, 4.69) is 11.0 Å². The van der Waals surface area contributed by atoms with Crippen LogP contribution in [0, 0.1) is 0 Å². The largest absolute Gasteiger partial charge is 0.497 e. The smallest absolute Gasteiger partial charge is 0.313 e. The van der Waals surface area contributed by atoms with Crippen molar-refractivity contribution < 1.29 is 19.0 Å². The van der Waals surface area contributed by atoms with E-state index in [1.54, 1.807) is 7.11 Å². The fraction of sp³-hybridized carbons (Fsp3) is 0.500. The van der Waals surface area contributed by atoms with Crippen LogP contribution in [0.3, 0.4) is 0 Å². The summed E-state index contributed by atoms with van der Waals surface area (Å²) in [6, 6.07) is 12.0. The lowest BCUT2D eigenvalue weighted by molar-refractivity contribution is -0.145. The molecule has 1 atom stereocenters. The van der Waals surface area contributed by atoms with Crippen molar-refractivity contribution in [3.05, 3.63) is 42.0 Å². The summed E-state index contributed by atoms with van der Waals surface area (Å²) >= 11 is 0. The Hall–Kier alpha value is -2.11. The van der Waals surface area contributed by atoms with Crippen LogP contribution in [0.4, 0.5) is 0 Å². The molecule has 146 valence electrons. The Morgan fingerprint density at radius 3 is 2.63 bits per heavy atom. The van der Waals surface area contributed by atoms with E-state index in [0.29, 0.717) is 6.61 Å². The van der Waals surface area contributed by atoms with Crippen molar-refractivity contribution in [2.45, 2.75) is 25.7 Å². The molecule has 1 unspecified atom stereocenters. The van der Waals surface area contributed by atoms with Gasteiger partial charge in [0.05, 0.1) is 32.8 Å². The van der Waals surface area contributed by atoms with Gasteiger partial charge in [-0.05, 0) is 54.8 Å². The second-order valence-electron chi connectivity index (χ2n) is 7.02. The summed E-state index contributed by atoms with van der Waals surface area (Å²) < 4.78 is 16.1. The van der Waals surface area contributed by atoms with Gasteiger partial charge in [-0.15, -0.1) is 0 Å². The van der Waals surface area contributed by atoms with Gasteiger partial charge in [0.1, 0.15) is 5.75 Å². The van der Waals surface area contributed by atoms with Crippen LogP contribution in [-0.2, 0) is 14.3 Å². The summed E-state index contributed by atoms with van der Waals surface area (Å²) in [6.07, 6.45) is 1.94. The molecular weight excluding hydrogens is 342 g/mol.